The van der Waals surface area contributed by atoms with Gasteiger partial charge in [-0.3, -0.25) is 0 Å². The molecule has 0 radical (unpaired) electrons. The third-order valence-electron chi connectivity index (χ3n) is 3.29. The fraction of sp³-hybridized carbons (Fsp3) is 0.571. The molecule has 1 aromatic rings. The third-order valence-corrected chi connectivity index (χ3v) is 3.52. The smallest absolute Gasteiger partial charge is 0.0409 e. The number of hydrogen-bond donors (Lipinski definition) is 1. The maximum Gasteiger partial charge on any atom is 0.0409 e. The van der Waals surface area contributed by atoms with Gasteiger partial charge in [0.1, 0.15) is 0 Å². The Labute approximate surface area is 109 Å². The highest BCUT2D eigenvalue weighted by Gasteiger charge is 2.14. The molecule has 0 amide bonds. The second kappa shape index (κ2) is 6.39. The molecule has 0 unspecified atom stereocenters. The van der Waals surface area contributed by atoms with Crippen LogP contribution in [0.2, 0.25) is 5.02 Å². The van der Waals surface area contributed by atoms with Crippen molar-refractivity contribution in [1.29, 1.82) is 0 Å². The van der Waals surface area contributed by atoms with Gasteiger partial charge in [0.25, 0.3) is 0 Å². The Bertz CT molecular complexity index is 348. The van der Waals surface area contributed by atoms with E-state index >= 15 is 0 Å². The summed E-state index contributed by atoms with van der Waals surface area (Å²) < 4.78 is 0. The van der Waals surface area contributed by atoms with E-state index in [2.05, 4.69) is 23.3 Å². The summed E-state index contributed by atoms with van der Waals surface area (Å²) in [4.78, 5) is 2.37. The molecule has 0 aromatic heterocycles. The van der Waals surface area contributed by atoms with Crippen molar-refractivity contribution < 1.29 is 0 Å². The van der Waals surface area contributed by atoms with E-state index in [-0.39, 0.29) is 0 Å². The van der Waals surface area contributed by atoms with Crippen molar-refractivity contribution in [3.05, 3.63) is 34.9 Å². The minimum atomic E-state index is 0.660. The largest absolute Gasteiger partial charge is 0.313 e. The fourth-order valence-electron chi connectivity index (χ4n) is 2.47. The normalized spacial score (nSPS) is 20.8. The maximum absolute atomic E-state index is 5.99. The molecular weight excluding hydrogens is 232 g/mol. The number of piperidine rings is 1. The zero-order chi connectivity index (χ0) is 12.1. The lowest BCUT2D eigenvalue weighted by atomic mass is 10.0. The van der Waals surface area contributed by atoms with Crippen LogP contribution in [0.4, 0.5) is 0 Å². The lowest BCUT2D eigenvalue weighted by Gasteiger charge is -2.28. The molecule has 94 valence electrons. The van der Waals surface area contributed by atoms with Crippen molar-refractivity contribution in [1.82, 2.24) is 10.2 Å². The van der Waals surface area contributed by atoms with E-state index in [0.29, 0.717) is 6.04 Å². The molecule has 1 N–H and O–H groups in total. The molecule has 1 atom stereocenters. The Balaban J connectivity index is 1.82. The van der Waals surface area contributed by atoms with Gasteiger partial charge in [-0.1, -0.05) is 30.2 Å². The second-order valence-corrected chi connectivity index (χ2v) is 5.41. The number of nitrogens with zero attached hydrogens (tertiary/aromatic N) is 1. The fourth-order valence-corrected chi connectivity index (χ4v) is 2.68. The monoisotopic (exact) mass is 252 g/mol. The molecule has 1 fully saturated rings. The lowest BCUT2D eigenvalue weighted by Crippen LogP contribution is -2.42. The summed E-state index contributed by atoms with van der Waals surface area (Å²) in [5.41, 5.74) is 1.29. The van der Waals surface area contributed by atoms with Crippen LogP contribution in [0.3, 0.4) is 0 Å². The lowest BCUT2D eigenvalue weighted by molar-refractivity contribution is 0.256. The summed E-state index contributed by atoms with van der Waals surface area (Å²) in [6.07, 6.45) is 4.00. The van der Waals surface area contributed by atoms with E-state index < -0.39 is 0 Å². The molecule has 0 aliphatic carbocycles. The van der Waals surface area contributed by atoms with Gasteiger partial charge < -0.3 is 10.2 Å². The summed E-state index contributed by atoms with van der Waals surface area (Å²) >= 11 is 5.99. The van der Waals surface area contributed by atoms with E-state index in [1.165, 1.54) is 31.4 Å². The number of rotatable bonds is 4. The Hall–Kier alpha value is -0.570. The minimum Gasteiger partial charge on any atom is -0.313 e. The molecule has 1 aliphatic heterocycles. The first-order chi connectivity index (χ1) is 8.24. The highest BCUT2D eigenvalue weighted by atomic mass is 35.5. The van der Waals surface area contributed by atoms with Crippen molar-refractivity contribution in [2.45, 2.75) is 31.8 Å². The molecule has 17 heavy (non-hydrogen) atoms. The van der Waals surface area contributed by atoms with Crippen molar-refractivity contribution in [2.75, 3.05) is 20.1 Å². The standard InChI is InChI=1S/C14H21ClN2/c1-17(11-14-7-2-3-8-16-14)10-12-5-4-6-13(15)9-12/h4-6,9,14,16H,2-3,7-8,10-11H2,1H3/t14-/m1/s1. The van der Waals surface area contributed by atoms with Gasteiger partial charge in [0.15, 0.2) is 0 Å². The van der Waals surface area contributed by atoms with Gasteiger partial charge in [0.2, 0.25) is 0 Å². The predicted molar refractivity (Wildman–Crippen MR) is 73.4 cm³/mol. The first-order valence-electron chi connectivity index (χ1n) is 6.40. The van der Waals surface area contributed by atoms with Gasteiger partial charge in [-0.25, -0.2) is 0 Å². The van der Waals surface area contributed by atoms with Gasteiger partial charge in [-0.2, -0.15) is 0 Å². The number of likely N-dealkylation sites (N-methyl/N-ethyl adjacent to an activating group) is 1. The highest BCUT2D eigenvalue weighted by Crippen LogP contribution is 2.13. The molecular formula is C14H21ClN2. The van der Waals surface area contributed by atoms with Gasteiger partial charge >= 0.3 is 0 Å². The van der Waals surface area contributed by atoms with E-state index in [0.717, 1.165) is 18.1 Å². The molecule has 1 aliphatic rings. The van der Waals surface area contributed by atoms with E-state index in [4.69, 9.17) is 11.6 Å². The van der Waals surface area contributed by atoms with Gasteiger partial charge in [-0.15, -0.1) is 0 Å². The molecule has 2 nitrogen and oxygen atoms in total. The molecule has 0 saturated carbocycles. The Morgan fingerprint density at radius 2 is 2.29 bits per heavy atom. The predicted octanol–water partition coefficient (Wildman–Crippen LogP) is 2.91. The first kappa shape index (κ1) is 12.9. The van der Waals surface area contributed by atoms with Crippen molar-refractivity contribution in [2.24, 2.45) is 0 Å². The van der Waals surface area contributed by atoms with Gasteiger partial charge in [0, 0.05) is 24.2 Å². The number of nitrogens with one attached hydrogen (secondary N) is 1. The molecule has 0 spiro atoms. The van der Waals surface area contributed by atoms with Crippen LogP contribution in [0.25, 0.3) is 0 Å². The zero-order valence-electron chi connectivity index (χ0n) is 10.5. The van der Waals surface area contributed by atoms with Gasteiger partial charge in [0.05, 0.1) is 0 Å². The Kier molecular flexibility index (Phi) is 4.84. The SMILES string of the molecule is CN(Cc1cccc(Cl)c1)C[C@H]1CCCCN1. The Morgan fingerprint density at radius 3 is 3.00 bits per heavy atom. The summed E-state index contributed by atoms with van der Waals surface area (Å²) in [6.45, 7) is 3.26. The minimum absolute atomic E-state index is 0.660. The number of benzene rings is 1. The molecule has 1 heterocycles. The van der Waals surface area contributed by atoms with Crippen LogP contribution in [-0.2, 0) is 6.54 Å². The van der Waals surface area contributed by atoms with E-state index in [9.17, 15) is 0 Å². The van der Waals surface area contributed by atoms with Crippen LogP contribution in [0.15, 0.2) is 24.3 Å². The average molecular weight is 253 g/mol. The molecule has 0 bridgehead atoms. The van der Waals surface area contributed by atoms with Crippen LogP contribution >= 0.6 is 11.6 Å². The van der Waals surface area contributed by atoms with Crippen LogP contribution in [0.1, 0.15) is 24.8 Å². The van der Waals surface area contributed by atoms with Gasteiger partial charge in [-0.05, 0) is 44.1 Å². The maximum atomic E-state index is 5.99. The van der Waals surface area contributed by atoms with E-state index in [1.807, 2.05) is 18.2 Å². The average Bonchev–Trinajstić information content (AvgIpc) is 2.30. The highest BCUT2D eigenvalue weighted by molar-refractivity contribution is 6.30. The summed E-state index contributed by atoms with van der Waals surface area (Å²) in [7, 11) is 2.18. The molecule has 3 heteroatoms. The molecule has 2 rings (SSSR count). The van der Waals surface area contributed by atoms with Crippen LogP contribution in [0, 0.1) is 0 Å². The van der Waals surface area contributed by atoms with Crippen molar-refractivity contribution in [3.63, 3.8) is 0 Å². The summed E-state index contributed by atoms with van der Waals surface area (Å²) in [5, 5.41) is 4.41. The number of hydrogen-bond acceptors (Lipinski definition) is 2. The second-order valence-electron chi connectivity index (χ2n) is 4.97. The molecule has 1 aromatic carbocycles. The summed E-state index contributed by atoms with van der Waals surface area (Å²) in [6, 6.07) is 8.79. The number of halogens is 1. The van der Waals surface area contributed by atoms with Crippen LogP contribution in [0.5, 0.6) is 0 Å². The summed E-state index contributed by atoms with van der Waals surface area (Å²) in [5.74, 6) is 0. The van der Waals surface area contributed by atoms with Crippen molar-refractivity contribution >= 4 is 11.6 Å². The Morgan fingerprint density at radius 1 is 1.41 bits per heavy atom. The van der Waals surface area contributed by atoms with Crippen LogP contribution in [-0.4, -0.2) is 31.1 Å². The van der Waals surface area contributed by atoms with Crippen molar-refractivity contribution in [3.8, 4) is 0 Å². The first-order valence-corrected chi connectivity index (χ1v) is 6.78. The zero-order valence-corrected chi connectivity index (χ0v) is 11.2. The topological polar surface area (TPSA) is 15.3 Å². The van der Waals surface area contributed by atoms with E-state index in [1.54, 1.807) is 0 Å². The van der Waals surface area contributed by atoms with Crippen LogP contribution < -0.4 is 5.32 Å². The quantitative estimate of drug-likeness (QED) is 0.887. The third kappa shape index (κ3) is 4.30. The molecule has 1 saturated heterocycles.